The number of anilines is 2. The van der Waals surface area contributed by atoms with Crippen LogP contribution in [-0.4, -0.2) is 52.5 Å². The van der Waals surface area contributed by atoms with Crippen LogP contribution in [0.5, 0.6) is 0 Å². The van der Waals surface area contributed by atoms with Crippen LogP contribution in [0.25, 0.3) is 0 Å². The average molecular weight is 518 g/mol. The van der Waals surface area contributed by atoms with Crippen LogP contribution in [0.2, 0.25) is 0 Å². The maximum Gasteiger partial charge on any atom is 0.250 e. The number of carbonyl (C=O) groups excluding carboxylic acids is 2. The Labute approximate surface area is 214 Å². The third kappa shape index (κ3) is 6.26. The molecule has 0 bridgehead atoms. The smallest absolute Gasteiger partial charge is 0.250 e. The predicted molar refractivity (Wildman–Crippen MR) is 135 cm³/mol. The summed E-state index contributed by atoms with van der Waals surface area (Å²) in [5.74, 6) is -2.50. The molecule has 194 valence electrons. The zero-order valence-corrected chi connectivity index (χ0v) is 21.2. The molecular weight excluding hydrogens is 484 g/mol. The van der Waals surface area contributed by atoms with Crippen molar-refractivity contribution in [3.8, 4) is 0 Å². The summed E-state index contributed by atoms with van der Waals surface area (Å²) in [6, 6.07) is 7.59. The summed E-state index contributed by atoms with van der Waals surface area (Å²) < 4.78 is 26.8. The van der Waals surface area contributed by atoms with Gasteiger partial charge in [-0.05, 0) is 30.0 Å². The number of piperidine rings is 1. The largest absolute Gasteiger partial charge is 0.312 e. The highest BCUT2D eigenvalue weighted by molar-refractivity contribution is 7.15. The fourth-order valence-corrected chi connectivity index (χ4v) is 6.21. The second kappa shape index (κ2) is 10.9. The van der Waals surface area contributed by atoms with Crippen LogP contribution >= 0.6 is 11.3 Å². The second-order valence-corrected chi connectivity index (χ2v) is 11.4. The number of hydrogen-bond donors (Lipinski definition) is 1. The molecule has 2 aliphatic heterocycles. The number of alkyl halides is 2. The van der Waals surface area contributed by atoms with Gasteiger partial charge in [-0.1, -0.05) is 49.2 Å². The number of halogens is 2. The van der Waals surface area contributed by atoms with Gasteiger partial charge in [0.05, 0.1) is 5.92 Å². The molecule has 10 heteroatoms. The second-order valence-electron chi connectivity index (χ2n) is 10.4. The molecular formula is C26H33F2N5O2S. The number of nitrogens with one attached hydrogen (secondary N) is 1. The normalized spacial score (nSPS) is 22.9. The molecule has 1 N–H and O–H groups in total. The highest BCUT2D eigenvalue weighted by Gasteiger charge is 2.36. The van der Waals surface area contributed by atoms with E-state index in [-0.39, 0.29) is 31.1 Å². The molecule has 1 aromatic heterocycles. The lowest BCUT2D eigenvalue weighted by molar-refractivity contribution is -0.122. The Morgan fingerprint density at radius 2 is 1.83 bits per heavy atom. The van der Waals surface area contributed by atoms with Crippen molar-refractivity contribution in [3.05, 3.63) is 34.8 Å². The molecule has 2 saturated heterocycles. The molecule has 1 aromatic carbocycles. The highest BCUT2D eigenvalue weighted by Crippen LogP contribution is 2.31. The molecule has 3 heterocycles. The number of nitrogens with zero attached hydrogens (tertiary/aromatic N) is 4. The van der Waals surface area contributed by atoms with Gasteiger partial charge in [0.1, 0.15) is 5.01 Å². The number of benzene rings is 1. The van der Waals surface area contributed by atoms with Gasteiger partial charge in [-0.2, -0.15) is 0 Å². The Bertz CT molecular complexity index is 1060. The predicted octanol–water partition coefficient (Wildman–Crippen LogP) is 4.88. The average Bonchev–Trinajstić information content (AvgIpc) is 3.61. The van der Waals surface area contributed by atoms with E-state index in [2.05, 4.69) is 15.5 Å². The lowest BCUT2D eigenvalue weighted by Crippen LogP contribution is -2.38. The molecule has 1 aliphatic carbocycles. The van der Waals surface area contributed by atoms with Crippen molar-refractivity contribution < 1.29 is 18.4 Å². The van der Waals surface area contributed by atoms with Gasteiger partial charge in [-0.3, -0.25) is 14.5 Å². The van der Waals surface area contributed by atoms with Gasteiger partial charge >= 0.3 is 0 Å². The van der Waals surface area contributed by atoms with Crippen molar-refractivity contribution in [2.45, 2.75) is 70.3 Å². The van der Waals surface area contributed by atoms with Crippen molar-refractivity contribution in [2.75, 3.05) is 29.9 Å². The molecule has 36 heavy (non-hydrogen) atoms. The summed E-state index contributed by atoms with van der Waals surface area (Å²) in [7, 11) is 0. The number of aryl methyl sites for hydroxylation is 1. The minimum absolute atomic E-state index is 0.0873. The van der Waals surface area contributed by atoms with E-state index < -0.39 is 11.8 Å². The standard InChI is InChI=1S/C26H33F2N5O2S/c27-26(28)11-13-32(14-12-26)16-19-5-8-21(9-6-19)33-17-20(15-23(33)34)24(35)29-25-31-30-22(36-25)10-7-18-3-1-2-4-18/h5-6,8-9,18,20H,1-4,7,10-17H2,(H,29,31,35). The molecule has 7 nitrogen and oxygen atoms in total. The van der Waals surface area contributed by atoms with E-state index >= 15 is 0 Å². The first-order valence-corrected chi connectivity index (χ1v) is 13.8. The van der Waals surface area contributed by atoms with E-state index in [9.17, 15) is 18.4 Å². The summed E-state index contributed by atoms with van der Waals surface area (Å²) in [5, 5.41) is 12.6. The summed E-state index contributed by atoms with van der Waals surface area (Å²) in [4.78, 5) is 29.2. The van der Waals surface area contributed by atoms with E-state index in [4.69, 9.17) is 0 Å². The van der Waals surface area contributed by atoms with Gasteiger partial charge in [-0.15, -0.1) is 10.2 Å². The first-order chi connectivity index (χ1) is 17.3. The fourth-order valence-electron chi connectivity index (χ4n) is 5.45. The topological polar surface area (TPSA) is 78.4 Å². The fraction of sp³-hybridized carbons (Fsp3) is 0.615. The van der Waals surface area contributed by atoms with Gasteiger partial charge in [0.15, 0.2) is 0 Å². The molecule has 0 spiro atoms. The monoisotopic (exact) mass is 517 g/mol. The van der Waals surface area contributed by atoms with Crippen LogP contribution < -0.4 is 10.2 Å². The van der Waals surface area contributed by atoms with Crippen molar-refractivity contribution >= 4 is 34.0 Å². The van der Waals surface area contributed by atoms with Crippen LogP contribution in [0, 0.1) is 11.8 Å². The van der Waals surface area contributed by atoms with Crippen molar-refractivity contribution in [3.63, 3.8) is 0 Å². The first-order valence-electron chi connectivity index (χ1n) is 13.0. The SMILES string of the molecule is O=C(Nc1nnc(CCC2CCCC2)s1)C1CC(=O)N(c2ccc(CN3CCC(F)(F)CC3)cc2)C1. The zero-order valence-electron chi connectivity index (χ0n) is 20.4. The number of likely N-dealkylation sites (tertiary alicyclic amines) is 1. The van der Waals surface area contributed by atoms with Gasteiger partial charge in [0.25, 0.3) is 5.92 Å². The minimum atomic E-state index is -2.55. The summed E-state index contributed by atoms with van der Waals surface area (Å²) in [6.07, 6.45) is 7.23. The molecule has 5 rings (SSSR count). The lowest BCUT2D eigenvalue weighted by Gasteiger charge is -2.31. The third-order valence-corrected chi connectivity index (χ3v) is 8.57. The molecule has 1 saturated carbocycles. The third-order valence-electron chi connectivity index (χ3n) is 7.68. The van der Waals surface area contributed by atoms with Gasteiger partial charge in [0.2, 0.25) is 16.9 Å². The number of amides is 2. The highest BCUT2D eigenvalue weighted by atomic mass is 32.1. The van der Waals surface area contributed by atoms with E-state index in [0.29, 0.717) is 31.3 Å². The molecule has 2 amide bonds. The first kappa shape index (κ1) is 25.2. The maximum atomic E-state index is 13.4. The number of hydrogen-bond acceptors (Lipinski definition) is 6. The van der Waals surface area contributed by atoms with Crippen LogP contribution in [0.15, 0.2) is 24.3 Å². The van der Waals surface area contributed by atoms with Crippen LogP contribution in [0.1, 0.15) is 61.9 Å². The molecule has 2 aromatic rings. The van der Waals surface area contributed by atoms with E-state index in [1.807, 2.05) is 29.2 Å². The Balaban J connectivity index is 1.11. The van der Waals surface area contributed by atoms with Crippen LogP contribution in [0.3, 0.4) is 0 Å². The summed E-state index contributed by atoms with van der Waals surface area (Å²) >= 11 is 1.42. The maximum absolute atomic E-state index is 13.4. The van der Waals surface area contributed by atoms with Gasteiger partial charge in [-0.25, -0.2) is 8.78 Å². The number of carbonyl (C=O) groups is 2. The van der Waals surface area contributed by atoms with Gasteiger partial charge < -0.3 is 10.2 Å². The summed E-state index contributed by atoms with van der Waals surface area (Å²) in [6.45, 7) is 1.69. The Kier molecular flexibility index (Phi) is 7.62. The van der Waals surface area contributed by atoms with Gasteiger partial charge in [0, 0.05) is 57.5 Å². The van der Waals surface area contributed by atoms with Crippen molar-refractivity contribution in [1.29, 1.82) is 0 Å². The van der Waals surface area contributed by atoms with Crippen LogP contribution in [0.4, 0.5) is 19.6 Å². The molecule has 3 fully saturated rings. The Morgan fingerprint density at radius 1 is 1.11 bits per heavy atom. The van der Waals surface area contributed by atoms with Crippen molar-refractivity contribution in [1.82, 2.24) is 15.1 Å². The lowest BCUT2D eigenvalue weighted by atomic mass is 10.0. The van der Waals surface area contributed by atoms with E-state index in [1.165, 1.54) is 37.0 Å². The molecule has 0 radical (unpaired) electrons. The van der Waals surface area contributed by atoms with E-state index in [0.717, 1.165) is 35.0 Å². The van der Waals surface area contributed by atoms with Crippen LogP contribution in [-0.2, 0) is 22.6 Å². The summed E-state index contributed by atoms with van der Waals surface area (Å²) in [5.41, 5.74) is 1.76. The zero-order chi connectivity index (χ0) is 25.1. The number of rotatable bonds is 8. The molecule has 3 aliphatic rings. The Hall–Kier alpha value is -2.46. The minimum Gasteiger partial charge on any atom is -0.312 e. The van der Waals surface area contributed by atoms with E-state index in [1.54, 1.807) is 4.90 Å². The van der Waals surface area contributed by atoms with Crippen molar-refractivity contribution in [2.24, 2.45) is 11.8 Å². The molecule has 1 unspecified atom stereocenters. The Morgan fingerprint density at radius 3 is 2.56 bits per heavy atom. The molecule has 1 atom stereocenters. The number of aromatic nitrogens is 2. The quantitative estimate of drug-likeness (QED) is 0.540.